The van der Waals surface area contributed by atoms with Gasteiger partial charge in [-0.25, -0.2) is 0 Å². The first kappa shape index (κ1) is 19.4. The standard InChI is InChI=1S/C17H20BrN3OS.ClH/c18-16-6-5-15(23-16)12-20-7-9-21(10-8-20)17(22)14-3-1-13(11-19)2-4-14;/h1-6H,7-12,19H2;1H. The van der Waals surface area contributed by atoms with Gasteiger partial charge in [-0.05, 0) is 45.8 Å². The van der Waals surface area contributed by atoms with Crippen molar-refractivity contribution in [3.05, 3.63) is 56.2 Å². The van der Waals surface area contributed by atoms with E-state index in [1.54, 1.807) is 11.3 Å². The summed E-state index contributed by atoms with van der Waals surface area (Å²) < 4.78 is 1.17. The van der Waals surface area contributed by atoms with Gasteiger partial charge in [0.05, 0.1) is 3.79 Å². The van der Waals surface area contributed by atoms with Crippen LogP contribution in [0.15, 0.2) is 40.2 Å². The Balaban J connectivity index is 0.00000208. The van der Waals surface area contributed by atoms with E-state index in [0.717, 1.165) is 43.9 Å². The van der Waals surface area contributed by atoms with Crippen molar-refractivity contribution >= 4 is 45.6 Å². The molecule has 130 valence electrons. The van der Waals surface area contributed by atoms with Crippen LogP contribution in [0.2, 0.25) is 0 Å². The molecule has 1 aromatic carbocycles. The third-order valence-electron chi connectivity index (χ3n) is 4.10. The lowest BCUT2D eigenvalue weighted by atomic mass is 10.1. The van der Waals surface area contributed by atoms with Gasteiger partial charge in [0.25, 0.3) is 5.91 Å². The normalized spacial score (nSPS) is 15.2. The van der Waals surface area contributed by atoms with Crippen molar-refractivity contribution in [3.8, 4) is 0 Å². The van der Waals surface area contributed by atoms with Crippen LogP contribution in [0.1, 0.15) is 20.8 Å². The van der Waals surface area contributed by atoms with Gasteiger partial charge in [0.2, 0.25) is 0 Å². The number of piperazine rings is 1. The van der Waals surface area contributed by atoms with E-state index >= 15 is 0 Å². The van der Waals surface area contributed by atoms with Crippen LogP contribution in [0, 0.1) is 0 Å². The van der Waals surface area contributed by atoms with E-state index in [2.05, 4.69) is 33.0 Å². The zero-order valence-corrected chi connectivity index (χ0v) is 16.5. The molecule has 7 heteroatoms. The molecule has 4 nitrogen and oxygen atoms in total. The number of nitrogens with two attached hydrogens (primary N) is 1. The monoisotopic (exact) mass is 429 g/mol. The fourth-order valence-electron chi connectivity index (χ4n) is 2.73. The summed E-state index contributed by atoms with van der Waals surface area (Å²) >= 11 is 5.27. The molecule has 0 aliphatic carbocycles. The molecule has 3 rings (SSSR count). The van der Waals surface area contributed by atoms with Crippen molar-refractivity contribution in [3.63, 3.8) is 0 Å². The molecule has 1 aromatic heterocycles. The Kier molecular flexibility index (Phi) is 7.25. The zero-order valence-electron chi connectivity index (χ0n) is 13.3. The molecule has 1 saturated heterocycles. The van der Waals surface area contributed by atoms with E-state index in [0.29, 0.717) is 6.54 Å². The minimum Gasteiger partial charge on any atom is -0.336 e. The van der Waals surface area contributed by atoms with Gasteiger partial charge in [-0.1, -0.05) is 12.1 Å². The minimum absolute atomic E-state index is 0. The summed E-state index contributed by atoms with van der Waals surface area (Å²) in [6.07, 6.45) is 0. The van der Waals surface area contributed by atoms with E-state index in [1.165, 1.54) is 8.66 Å². The van der Waals surface area contributed by atoms with Crippen molar-refractivity contribution in [2.24, 2.45) is 5.73 Å². The van der Waals surface area contributed by atoms with E-state index in [9.17, 15) is 4.79 Å². The van der Waals surface area contributed by atoms with Gasteiger partial charge >= 0.3 is 0 Å². The molecule has 2 N–H and O–H groups in total. The first-order valence-corrected chi connectivity index (χ1v) is 9.31. The number of rotatable bonds is 4. The van der Waals surface area contributed by atoms with Crippen molar-refractivity contribution in [2.45, 2.75) is 13.1 Å². The van der Waals surface area contributed by atoms with Crippen LogP contribution in [0.25, 0.3) is 0 Å². The third kappa shape index (κ3) is 4.80. The number of benzene rings is 1. The van der Waals surface area contributed by atoms with Crippen LogP contribution in [0.5, 0.6) is 0 Å². The van der Waals surface area contributed by atoms with Gasteiger partial charge in [0.1, 0.15) is 0 Å². The first-order chi connectivity index (χ1) is 11.2. The molecule has 0 radical (unpaired) electrons. The number of halogens is 2. The van der Waals surface area contributed by atoms with Crippen LogP contribution in [-0.4, -0.2) is 41.9 Å². The lowest BCUT2D eigenvalue weighted by Gasteiger charge is -2.34. The quantitative estimate of drug-likeness (QED) is 0.809. The molecule has 24 heavy (non-hydrogen) atoms. The highest BCUT2D eigenvalue weighted by molar-refractivity contribution is 9.11. The van der Waals surface area contributed by atoms with Gasteiger partial charge in [0.15, 0.2) is 0 Å². The third-order valence-corrected chi connectivity index (χ3v) is 5.71. The molecular formula is C17H21BrClN3OS. The summed E-state index contributed by atoms with van der Waals surface area (Å²) in [5.74, 6) is 0.118. The Morgan fingerprint density at radius 1 is 1.08 bits per heavy atom. The highest BCUT2D eigenvalue weighted by Crippen LogP contribution is 2.23. The number of amides is 1. The number of hydrogen-bond donors (Lipinski definition) is 1. The smallest absolute Gasteiger partial charge is 0.253 e. The van der Waals surface area contributed by atoms with Crippen LogP contribution < -0.4 is 5.73 Å². The number of nitrogens with zero attached hydrogens (tertiary/aromatic N) is 2. The summed E-state index contributed by atoms with van der Waals surface area (Å²) in [6, 6.07) is 11.9. The molecule has 0 unspecified atom stereocenters. The van der Waals surface area contributed by atoms with Crippen LogP contribution in [0.4, 0.5) is 0 Å². The van der Waals surface area contributed by atoms with E-state index < -0.39 is 0 Å². The maximum Gasteiger partial charge on any atom is 0.253 e. The number of carbonyl (C=O) groups excluding carboxylic acids is 1. The molecular weight excluding hydrogens is 410 g/mol. The maximum absolute atomic E-state index is 12.5. The second-order valence-corrected chi connectivity index (χ2v) is 8.22. The molecule has 0 spiro atoms. The highest BCUT2D eigenvalue weighted by Gasteiger charge is 2.22. The van der Waals surface area contributed by atoms with Crippen molar-refractivity contribution in [1.82, 2.24) is 9.80 Å². The highest BCUT2D eigenvalue weighted by atomic mass is 79.9. The minimum atomic E-state index is 0. The topological polar surface area (TPSA) is 49.6 Å². The van der Waals surface area contributed by atoms with E-state index in [1.807, 2.05) is 29.2 Å². The Morgan fingerprint density at radius 3 is 2.29 bits per heavy atom. The second-order valence-electron chi connectivity index (χ2n) is 5.68. The number of hydrogen-bond acceptors (Lipinski definition) is 4. The average molecular weight is 431 g/mol. The molecule has 1 fully saturated rings. The lowest BCUT2D eigenvalue weighted by Crippen LogP contribution is -2.48. The fraction of sp³-hybridized carbons (Fsp3) is 0.353. The Morgan fingerprint density at radius 2 is 1.75 bits per heavy atom. The second kappa shape index (κ2) is 8.97. The van der Waals surface area contributed by atoms with Crippen molar-refractivity contribution in [1.29, 1.82) is 0 Å². The average Bonchev–Trinajstić information content (AvgIpc) is 3.00. The summed E-state index contributed by atoms with van der Waals surface area (Å²) in [5.41, 5.74) is 7.39. The molecule has 0 atom stereocenters. The first-order valence-electron chi connectivity index (χ1n) is 7.70. The van der Waals surface area contributed by atoms with E-state index in [-0.39, 0.29) is 18.3 Å². The van der Waals surface area contributed by atoms with Gasteiger partial charge in [-0.2, -0.15) is 0 Å². The lowest BCUT2D eigenvalue weighted by molar-refractivity contribution is 0.0629. The van der Waals surface area contributed by atoms with Gasteiger partial charge < -0.3 is 10.6 Å². The SMILES string of the molecule is Cl.NCc1ccc(C(=O)N2CCN(Cc3ccc(Br)s3)CC2)cc1. The molecule has 1 aliphatic rings. The van der Waals surface area contributed by atoms with E-state index in [4.69, 9.17) is 5.73 Å². The number of carbonyl (C=O) groups is 1. The summed E-state index contributed by atoms with van der Waals surface area (Å²) in [7, 11) is 0. The molecule has 1 amide bonds. The van der Waals surface area contributed by atoms with Crippen LogP contribution in [0.3, 0.4) is 0 Å². The molecule has 1 aliphatic heterocycles. The van der Waals surface area contributed by atoms with Crippen LogP contribution >= 0.6 is 39.7 Å². The number of thiophene rings is 1. The molecule has 2 heterocycles. The Labute approximate surface area is 161 Å². The summed E-state index contributed by atoms with van der Waals surface area (Å²) in [4.78, 5) is 18.2. The van der Waals surface area contributed by atoms with Crippen molar-refractivity contribution in [2.75, 3.05) is 26.2 Å². The molecule has 2 aromatic rings. The summed E-state index contributed by atoms with van der Waals surface area (Å²) in [5, 5.41) is 0. The van der Waals surface area contributed by atoms with Gasteiger partial charge in [-0.15, -0.1) is 23.7 Å². The van der Waals surface area contributed by atoms with Crippen LogP contribution in [-0.2, 0) is 13.1 Å². The predicted molar refractivity (Wildman–Crippen MR) is 105 cm³/mol. The Bertz CT molecular complexity index is 669. The maximum atomic E-state index is 12.5. The zero-order chi connectivity index (χ0) is 16.2. The Hall–Kier alpha value is -0.920. The largest absolute Gasteiger partial charge is 0.336 e. The molecule has 0 bridgehead atoms. The summed E-state index contributed by atoms with van der Waals surface area (Å²) in [6.45, 7) is 4.87. The van der Waals surface area contributed by atoms with Gasteiger partial charge in [-0.3, -0.25) is 9.69 Å². The van der Waals surface area contributed by atoms with Gasteiger partial charge in [0, 0.05) is 49.7 Å². The predicted octanol–water partition coefficient (Wildman–Crippen LogP) is 3.35. The van der Waals surface area contributed by atoms with Crippen molar-refractivity contribution < 1.29 is 4.79 Å². The molecule has 0 saturated carbocycles. The fourth-order valence-corrected chi connectivity index (χ4v) is 4.26.